The molecule has 1 heterocycles. The molecule has 1 aliphatic heterocycles. The topological polar surface area (TPSA) is 89.5 Å². The first kappa shape index (κ1) is 20.1. The highest BCUT2D eigenvalue weighted by Crippen LogP contribution is 2.31. The van der Waals surface area contributed by atoms with Gasteiger partial charge in [-0.05, 0) is 61.6 Å². The Kier molecular flexibility index (Phi) is 5.84. The number of amides is 2. The molecule has 6 heteroatoms. The summed E-state index contributed by atoms with van der Waals surface area (Å²) in [6, 6.07) is 14.7. The lowest BCUT2D eigenvalue weighted by molar-refractivity contribution is -0.313. The molecule has 30 heavy (non-hydrogen) atoms. The van der Waals surface area contributed by atoms with Gasteiger partial charge in [-0.3, -0.25) is 9.59 Å². The molecule has 0 saturated heterocycles. The number of carbonyl (C=O) groups excluding carboxylic acids is 3. The number of hydrogen-bond acceptors (Lipinski definition) is 4. The molecule has 0 bridgehead atoms. The second-order valence-corrected chi connectivity index (χ2v) is 8.07. The average molecular weight is 405 g/mol. The molecule has 2 aromatic rings. The van der Waals surface area contributed by atoms with Gasteiger partial charge in [0.2, 0.25) is 5.91 Å². The van der Waals surface area contributed by atoms with Gasteiger partial charge < -0.3 is 20.1 Å². The van der Waals surface area contributed by atoms with E-state index in [1.54, 1.807) is 29.2 Å². The van der Waals surface area contributed by atoms with Crippen molar-refractivity contribution >= 4 is 29.2 Å². The number of carboxylic acids is 1. The zero-order valence-corrected chi connectivity index (χ0v) is 16.8. The number of hydrogen-bond donors (Lipinski definition) is 1. The number of nitrogens with zero attached hydrogens (tertiary/aromatic N) is 1. The molecule has 4 rings (SSSR count). The van der Waals surface area contributed by atoms with Crippen molar-refractivity contribution in [2.24, 2.45) is 11.8 Å². The number of aryl methyl sites for hydroxylation is 1. The molecule has 6 nitrogen and oxygen atoms in total. The van der Waals surface area contributed by atoms with Crippen LogP contribution in [-0.2, 0) is 16.0 Å². The molecule has 1 saturated carbocycles. The molecule has 0 aromatic heterocycles. The molecule has 2 aliphatic rings. The van der Waals surface area contributed by atoms with Crippen LogP contribution in [0.2, 0.25) is 0 Å². The third-order valence-corrected chi connectivity index (χ3v) is 6.16. The van der Waals surface area contributed by atoms with Crippen LogP contribution in [0.15, 0.2) is 48.5 Å². The van der Waals surface area contributed by atoms with Gasteiger partial charge >= 0.3 is 0 Å². The summed E-state index contributed by atoms with van der Waals surface area (Å²) in [6.45, 7) is 0.681. The molecule has 2 aromatic carbocycles. The minimum atomic E-state index is -1.15. The smallest absolute Gasteiger partial charge is 0.258 e. The van der Waals surface area contributed by atoms with Crippen molar-refractivity contribution in [2.45, 2.75) is 38.5 Å². The molecular formula is C24H25N2O4-. The lowest BCUT2D eigenvalue weighted by atomic mass is 9.78. The second-order valence-electron chi connectivity index (χ2n) is 8.07. The summed E-state index contributed by atoms with van der Waals surface area (Å²) in [5.41, 5.74) is 3.24. The second kappa shape index (κ2) is 8.69. The largest absolute Gasteiger partial charge is 0.550 e. The van der Waals surface area contributed by atoms with E-state index >= 15 is 0 Å². The Morgan fingerprint density at radius 1 is 0.900 bits per heavy atom. The summed E-state index contributed by atoms with van der Waals surface area (Å²) >= 11 is 0. The standard InChI is InChI=1S/C24H26N2O4/c27-22(19-8-2-3-9-20(19)24(29)30)25-18-13-11-17(12-14-18)23(28)26-15-5-7-16-6-1-4-10-21(16)26/h1,4,6,10-14,19-20H,2-3,5,7-9,15H2,(H,25,27)(H,29,30)/p-1/t19-,20+/m1/s1. The quantitative estimate of drug-likeness (QED) is 0.847. The van der Waals surface area contributed by atoms with Crippen LogP contribution in [0.4, 0.5) is 11.4 Å². The number of carbonyl (C=O) groups is 3. The van der Waals surface area contributed by atoms with Crippen molar-refractivity contribution < 1.29 is 19.5 Å². The number of aliphatic carboxylic acids is 1. The van der Waals surface area contributed by atoms with Crippen LogP contribution in [0, 0.1) is 11.8 Å². The van der Waals surface area contributed by atoms with Crippen LogP contribution in [0.1, 0.15) is 48.0 Å². The first-order valence-electron chi connectivity index (χ1n) is 10.6. The van der Waals surface area contributed by atoms with Gasteiger partial charge in [0.15, 0.2) is 0 Å². The van der Waals surface area contributed by atoms with Gasteiger partial charge in [0, 0.05) is 41.3 Å². The Morgan fingerprint density at radius 2 is 1.60 bits per heavy atom. The summed E-state index contributed by atoms with van der Waals surface area (Å²) in [6.07, 6.45) is 4.57. The van der Waals surface area contributed by atoms with Crippen molar-refractivity contribution in [3.05, 3.63) is 59.7 Å². The van der Waals surface area contributed by atoms with E-state index in [1.165, 1.54) is 5.56 Å². The molecule has 1 fully saturated rings. The first-order valence-corrected chi connectivity index (χ1v) is 10.6. The van der Waals surface area contributed by atoms with Crippen LogP contribution in [0.3, 0.4) is 0 Å². The van der Waals surface area contributed by atoms with E-state index < -0.39 is 17.8 Å². The van der Waals surface area contributed by atoms with Gasteiger partial charge in [-0.1, -0.05) is 31.0 Å². The molecule has 0 radical (unpaired) electrons. The third kappa shape index (κ3) is 4.08. The van der Waals surface area contributed by atoms with Gasteiger partial charge in [-0.25, -0.2) is 0 Å². The third-order valence-electron chi connectivity index (χ3n) is 6.16. The fourth-order valence-corrected chi connectivity index (χ4v) is 4.56. The van der Waals surface area contributed by atoms with Gasteiger partial charge in [0.25, 0.3) is 5.91 Å². The van der Waals surface area contributed by atoms with E-state index in [1.807, 2.05) is 18.2 Å². The van der Waals surface area contributed by atoms with Crippen LogP contribution in [-0.4, -0.2) is 24.3 Å². The minimum absolute atomic E-state index is 0.0654. The number of rotatable bonds is 4. The normalized spacial score (nSPS) is 20.9. The number of fused-ring (bicyclic) bond motifs is 1. The Hall–Kier alpha value is -3.15. The first-order chi connectivity index (χ1) is 14.5. The summed E-state index contributed by atoms with van der Waals surface area (Å²) in [5, 5.41) is 14.1. The maximum Gasteiger partial charge on any atom is 0.258 e. The minimum Gasteiger partial charge on any atom is -0.550 e. The summed E-state index contributed by atoms with van der Waals surface area (Å²) in [7, 11) is 0. The number of anilines is 2. The van der Waals surface area contributed by atoms with Crippen molar-refractivity contribution in [1.29, 1.82) is 0 Å². The summed E-state index contributed by atoms with van der Waals surface area (Å²) in [4.78, 5) is 38.8. The lowest BCUT2D eigenvalue weighted by Gasteiger charge is -2.31. The van der Waals surface area contributed by atoms with Crippen molar-refractivity contribution in [3.63, 3.8) is 0 Å². The molecule has 2 amide bonds. The monoisotopic (exact) mass is 405 g/mol. The van der Waals surface area contributed by atoms with E-state index in [-0.39, 0.29) is 11.8 Å². The Bertz CT molecular complexity index is 954. The highest BCUT2D eigenvalue weighted by molar-refractivity contribution is 6.07. The molecular weight excluding hydrogens is 380 g/mol. The highest BCUT2D eigenvalue weighted by Gasteiger charge is 2.32. The fraction of sp³-hybridized carbons (Fsp3) is 0.375. The van der Waals surface area contributed by atoms with Crippen LogP contribution < -0.4 is 15.3 Å². The molecule has 0 spiro atoms. The van der Waals surface area contributed by atoms with E-state index in [2.05, 4.69) is 11.4 Å². The SMILES string of the molecule is O=C([O-])[C@H]1CCCC[C@H]1C(=O)Nc1ccc(C(=O)N2CCCc3ccccc32)cc1. The zero-order chi connectivity index (χ0) is 21.1. The van der Waals surface area contributed by atoms with E-state index in [0.717, 1.165) is 31.4 Å². The Balaban J connectivity index is 1.45. The lowest BCUT2D eigenvalue weighted by Crippen LogP contribution is -2.42. The van der Waals surface area contributed by atoms with Crippen molar-refractivity contribution in [2.75, 3.05) is 16.8 Å². The number of para-hydroxylation sites is 1. The van der Waals surface area contributed by atoms with E-state index in [9.17, 15) is 19.5 Å². The van der Waals surface area contributed by atoms with Crippen LogP contribution in [0.25, 0.3) is 0 Å². The number of nitrogens with one attached hydrogen (secondary N) is 1. The highest BCUT2D eigenvalue weighted by atomic mass is 16.4. The van der Waals surface area contributed by atoms with Gasteiger partial charge in [0.1, 0.15) is 0 Å². The summed E-state index contributed by atoms with van der Waals surface area (Å²) in [5.74, 6) is -2.83. The van der Waals surface area contributed by atoms with E-state index in [0.29, 0.717) is 30.6 Å². The van der Waals surface area contributed by atoms with Gasteiger partial charge in [0.05, 0.1) is 0 Å². The average Bonchev–Trinajstić information content (AvgIpc) is 2.78. The van der Waals surface area contributed by atoms with Crippen LogP contribution >= 0.6 is 0 Å². The fourth-order valence-electron chi connectivity index (χ4n) is 4.56. The number of benzene rings is 2. The maximum absolute atomic E-state index is 13.0. The van der Waals surface area contributed by atoms with E-state index in [4.69, 9.17) is 0 Å². The zero-order valence-electron chi connectivity index (χ0n) is 16.8. The molecule has 0 unspecified atom stereocenters. The summed E-state index contributed by atoms with van der Waals surface area (Å²) < 4.78 is 0. The van der Waals surface area contributed by atoms with Crippen LogP contribution in [0.5, 0.6) is 0 Å². The Labute approximate surface area is 175 Å². The predicted octanol–water partition coefficient (Wildman–Crippen LogP) is 2.77. The predicted molar refractivity (Wildman–Crippen MR) is 112 cm³/mol. The van der Waals surface area contributed by atoms with Gasteiger partial charge in [-0.2, -0.15) is 0 Å². The van der Waals surface area contributed by atoms with Gasteiger partial charge in [-0.15, -0.1) is 0 Å². The molecule has 1 aliphatic carbocycles. The van der Waals surface area contributed by atoms with Crippen molar-refractivity contribution in [3.8, 4) is 0 Å². The molecule has 2 atom stereocenters. The molecule has 1 N–H and O–H groups in total. The van der Waals surface area contributed by atoms with Crippen molar-refractivity contribution in [1.82, 2.24) is 0 Å². The maximum atomic E-state index is 13.0. The number of carboxylic acid groups (broad SMARTS) is 1. The molecule has 156 valence electrons. The Morgan fingerprint density at radius 3 is 2.33 bits per heavy atom.